The molecule has 2 heterocycles. The predicted molar refractivity (Wildman–Crippen MR) is 82.9 cm³/mol. The Morgan fingerprint density at radius 1 is 1.29 bits per heavy atom. The number of aromatic amines is 1. The maximum absolute atomic E-state index is 14.1. The molecule has 1 aliphatic rings. The molecule has 1 aliphatic heterocycles. The van der Waals surface area contributed by atoms with Crippen LogP contribution in [0.5, 0.6) is 5.75 Å². The van der Waals surface area contributed by atoms with E-state index in [4.69, 9.17) is 9.47 Å². The summed E-state index contributed by atoms with van der Waals surface area (Å²) in [6.45, 7) is 0.875. The molecule has 1 aromatic heterocycles. The Morgan fingerprint density at radius 3 is 2.62 bits per heavy atom. The molecule has 0 bridgehead atoms. The highest BCUT2D eigenvalue weighted by Gasteiger charge is 2.37. The minimum absolute atomic E-state index is 0.118. The number of hydrogen-bond acceptors (Lipinski definition) is 3. The van der Waals surface area contributed by atoms with Crippen LogP contribution in [-0.4, -0.2) is 31.2 Å². The summed E-state index contributed by atoms with van der Waals surface area (Å²) >= 11 is 0. The standard InChI is InChI=1S/C17H18F2N2O3/c1-23-15-3-2-11(8-13(15)19)17(4-6-24-7-5-17)21-16(22)14-9-12(18)10-20-14/h2-3,8-10,20H,4-7H2,1H3,(H,21,22). The summed E-state index contributed by atoms with van der Waals surface area (Å²) in [7, 11) is 1.39. The molecule has 128 valence electrons. The van der Waals surface area contributed by atoms with E-state index in [-0.39, 0.29) is 11.4 Å². The zero-order valence-corrected chi connectivity index (χ0v) is 13.2. The monoisotopic (exact) mass is 336 g/mol. The van der Waals surface area contributed by atoms with Crippen molar-refractivity contribution in [1.82, 2.24) is 10.3 Å². The van der Waals surface area contributed by atoms with Crippen molar-refractivity contribution in [2.45, 2.75) is 18.4 Å². The third-order valence-corrected chi connectivity index (χ3v) is 4.30. The molecule has 7 heteroatoms. The number of carbonyl (C=O) groups is 1. The van der Waals surface area contributed by atoms with E-state index < -0.39 is 23.1 Å². The van der Waals surface area contributed by atoms with Crippen molar-refractivity contribution in [3.63, 3.8) is 0 Å². The smallest absolute Gasteiger partial charge is 0.268 e. The van der Waals surface area contributed by atoms with E-state index in [0.717, 1.165) is 12.3 Å². The van der Waals surface area contributed by atoms with Crippen LogP contribution in [0.4, 0.5) is 8.78 Å². The largest absolute Gasteiger partial charge is 0.494 e. The summed E-state index contributed by atoms with van der Waals surface area (Å²) in [6.07, 6.45) is 2.10. The second-order valence-corrected chi connectivity index (χ2v) is 5.73. The first kappa shape index (κ1) is 16.4. The molecule has 1 aromatic carbocycles. The zero-order chi connectivity index (χ0) is 17.2. The van der Waals surface area contributed by atoms with Gasteiger partial charge in [-0.05, 0) is 30.5 Å². The molecule has 0 atom stereocenters. The summed E-state index contributed by atoms with van der Waals surface area (Å²) in [5, 5.41) is 2.92. The Balaban J connectivity index is 1.92. The van der Waals surface area contributed by atoms with Gasteiger partial charge in [0.25, 0.3) is 5.91 Å². The van der Waals surface area contributed by atoms with Gasteiger partial charge in [0.1, 0.15) is 11.5 Å². The SMILES string of the molecule is COc1ccc(C2(NC(=O)c3cc(F)c[nH]3)CCOCC2)cc1F. The summed E-state index contributed by atoms with van der Waals surface area (Å²) in [6, 6.07) is 5.74. The van der Waals surface area contributed by atoms with E-state index in [1.54, 1.807) is 6.07 Å². The third-order valence-electron chi connectivity index (χ3n) is 4.30. The molecule has 3 rings (SSSR count). The number of carbonyl (C=O) groups excluding carboxylic acids is 1. The maximum atomic E-state index is 14.1. The number of halogens is 2. The van der Waals surface area contributed by atoms with Gasteiger partial charge in [-0.3, -0.25) is 4.79 Å². The van der Waals surface area contributed by atoms with Gasteiger partial charge in [0, 0.05) is 25.5 Å². The molecule has 0 aliphatic carbocycles. The Labute approximate surface area is 138 Å². The normalized spacial score (nSPS) is 16.6. The molecule has 2 aromatic rings. The molecule has 24 heavy (non-hydrogen) atoms. The number of aromatic nitrogens is 1. The van der Waals surface area contributed by atoms with Crippen LogP contribution in [0, 0.1) is 11.6 Å². The van der Waals surface area contributed by atoms with Crippen LogP contribution in [0.15, 0.2) is 30.5 Å². The third kappa shape index (κ3) is 3.12. The lowest BCUT2D eigenvalue weighted by Crippen LogP contribution is -2.49. The highest BCUT2D eigenvalue weighted by Crippen LogP contribution is 2.34. The van der Waals surface area contributed by atoms with Gasteiger partial charge >= 0.3 is 0 Å². The number of methoxy groups -OCH3 is 1. The van der Waals surface area contributed by atoms with Crippen molar-refractivity contribution in [2.75, 3.05) is 20.3 Å². The van der Waals surface area contributed by atoms with Gasteiger partial charge < -0.3 is 19.8 Å². The highest BCUT2D eigenvalue weighted by molar-refractivity contribution is 5.93. The second-order valence-electron chi connectivity index (χ2n) is 5.73. The van der Waals surface area contributed by atoms with Crippen molar-refractivity contribution in [2.24, 2.45) is 0 Å². The van der Waals surface area contributed by atoms with Crippen LogP contribution in [0.25, 0.3) is 0 Å². The summed E-state index contributed by atoms with van der Waals surface area (Å²) in [4.78, 5) is 15.0. The molecule has 0 saturated carbocycles. The fourth-order valence-electron chi connectivity index (χ4n) is 2.95. The van der Waals surface area contributed by atoms with Crippen molar-refractivity contribution in [3.05, 3.63) is 53.4 Å². The van der Waals surface area contributed by atoms with Crippen LogP contribution in [0.2, 0.25) is 0 Å². The molecule has 5 nitrogen and oxygen atoms in total. The highest BCUT2D eigenvalue weighted by atomic mass is 19.1. The maximum Gasteiger partial charge on any atom is 0.268 e. The van der Waals surface area contributed by atoms with E-state index in [1.165, 1.54) is 19.2 Å². The minimum atomic E-state index is -0.774. The van der Waals surface area contributed by atoms with E-state index >= 15 is 0 Å². The van der Waals surface area contributed by atoms with Crippen molar-refractivity contribution in [3.8, 4) is 5.75 Å². The number of hydrogen-bond donors (Lipinski definition) is 2. The van der Waals surface area contributed by atoms with Gasteiger partial charge in [0.05, 0.1) is 12.6 Å². The lowest BCUT2D eigenvalue weighted by molar-refractivity contribution is 0.0343. The zero-order valence-electron chi connectivity index (χ0n) is 13.2. The average Bonchev–Trinajstić information content (AvgIpc) is 3.02. The fraction of sp³-hybridized carbons (Fsp3) is 0.353. The van der Waals surface area contributed by atoms with Gasteiger partial charge in [0.2, 0.25) is 0 Å². The van der Waals surface area contributed by atoms with Gasteiger partial charge in [-0.1, -0.05) is 6.07 Å². The van der Waals surface area contributed by atoms with Gasteiger partial charge in [-0.25, -0.2) is 8.78 Å². The number of ether oxygens (including phenoxy) is 2. The van der Waals surface area contributed by atoms with Crippen molar-refractivity contribution in [1.29, 1.82) is 0 Å². The van der Waals surface area contributed by atoms with Crippen LogP contribution in [0.3, 0.4) is 0 Å². The number of H-pyrrole nitrogens is 1. The number of nitrogens with one attached hydrogen (secondary N) is 2. The second kappa shape index (κ2) is 6.60. The summed E-state index contributed by atoms with van der Waals surface area (Å²) in [5.74, 6) is -1.33. The molecule has 1 saturated heterocycles. The molecule has 2 N–H and O–H groups in total. The Kier molecular flexibility index (Phi) is 4.53. The molecule has 0 spiro atoms. The van der Waals surface area contributed by atoms with E-state index in [9.17, 15) is 13.6 Å². The molecular formula is C17H18F2N2O3. The number of amides is 1. The molecule has 0 radical (unpaired) electrons. The van der Waals surface area contributed by atoms with E-state index in [0.29, 0.717) is 31.6 Å². The van der Waals surface area contributed by atoms with Crippen LogP contribution >= 0.6 is 0 Å². The van der Waals surface area contributed by atoms with Gasteiger partial charge in [0.15, 0.2) is 11.6 Å². The molecule has 1 amide bonds. The Bertz CT molecular complexity index is 739. The fourth-order valence-corrected chi connectivity index (χ4v) is 2.95. The topological polar surface area (TPSA) is 63.3 Å². The Morgan fingerprint density at radius 2 is 2.04 bits per heavy atom. The lowest BCUT2D eigenvalue weighted by atomic mass is 9.82. The van der Waals surface area contributed by atoms with Crippen LogP contribution < -0.4 is 10.1 Å². The molecular weight excluding hydrogens is 318 g/mol. The first-order valence-corrected chi connectivity index (χ1v) is 7.62. The first-order valence-electron chi connectivity index (χ1n) is 7.62. The van der Waals surface area contributed by atoms with Gasteiger partial charge in [-0.2, -0.15) is 0 Å². The molecule has 1 fully saturated rings. The summed E-state index contributed by atoms with van der Waals surface area (Å²) < 4.78 is 37.6. The number of rotatable bonds is 4. The Hall–Kier alpha value is -2.41. The summed E-state index contributed by atoms with van der Waals surface area (Å²) in [5.41, 5.74) is -0.0267. The lowest BCUT2D eigenvalue weighted by Gasteiger charge is -2.38. The predicted octanol–water partition coefficient (Wildman–Crippen LogP) is 2.74. The van der Waals surface area contributed by atoms with Crippen LogP contribution in [-0.2, 0) is 10.3 Å². The number of benzene rings is 1. The van der Waals surface area contributed by atoms with Crippen molar-refractivity contribution >= 4 is 5.91 Å². The quantitative estimate of drug-likeness (QED) is 0.902. The van der Waals surface area contributed by atoms with Crippen molar-refractivity contribution < 1.29 is 23.0 Å². The molecule has 0 unspecified atom stereocenters. The minimum Gasteiger partial charge on any atom is -0.494 e. The van der Waals surface area contributed by atoms with Gasteiger partial charge in [-0.15, -0.1) is 0 Å². The van der Waals surface area contributed by atoms with E-state index in [2.05, 4.69) is 10.3 Å². The average molecular weight is 336 g/mol. The van der Waals surface area contributed by atoms with E-state index in [1.807, 2.05) is 0 Å². The van der Waals surface area contributed by atoms with Crippen LogP contribution in [0.1, 0.15) is 28.9 Å². The first-order chi connectivity index (χ1) is 11.5.